The Kier molecular flexibility index (Phi) is 10.0. The molecule has 1 aliphatic rings. The molecular formula is C19H26O13. The van der Waals surface area contributed by atoms with E-state index in [1.165, 1.54) is 0 Å². The monoisotopic (exact) mass is 462 g/mol. The normalized spacial score (nSPS) is 25.5. The van der Waals surface area contributed by atoms with E-state index in [4.69, 9.17) is 33.2 Å². The third-order valence-electron chi connectivity index (χ3n) is 3.85. The number of carbonyl (C=O) groups is 6. The Morgan fingerprint density at radius 3 is 1.53 bits per heavy atom. The molecule has 0 bridgehead atoms. The van der Waals surface area contributed by atoms with Crippen LogP contribution in [0.1, 0.15) is 41.5 Å². The number of esters is 6. The summed E-state index contributed by atoms with van der Waals surface area (Å²) in [7, 11) is 0. The summed E-state index contributed by atoms with van der Waals surface area (Å²) in [6, 6.07) is 0. The van der Waals surface area contributed by atoms with Crippen LogP contribution in [0.25, 0.3) is 0 Å². The van der Waals surface area contributed by atoms with E-state index in [9.17, 15) is 28.8 Å². The molecule has 6 atom stereocenters. The zero-order valence-electron chi connectivity index (χ0n) is 18.5. The zero-order valence-corrected chi connectivity index (χ0v) is 18.5. The van der Waals surface area contributed by atoms with Gasteiger partial charge in [0.2, 0.25) is 12.4 Å². The van der Waals surface area contributed by atoms with Crippen molar-refractivity contribution in [3.8, 4) is 0 Å². The van der Waals surface area contributed by atoms with Crippen LogP contribution in [0.15, 0.2) is 0 Å². The first-order valence-corrected chi connectivity index (χ1v) is 9.46. The first-order valence-electron chi connectivity index (χ1n) is 9.46. The Hall–Kier alpha value is -3.22. The second kappa shape index (κ2) is 12.0. The van der Waals surface area contributed by atoms with Gasteiger partial charge in [-0.3, -0.25) is 28.8 Å². The van der Waals surface area contributed by atoms with Crippen LogP contribution in [0.5, 0.6) is 0 Å². The molecule has 0 N–H and O–H groups in total. The molecule has 0 radical (unpaired) electrons. The van der Waals surface area contributed by atoms with Gasteiger partial charge in [-0.05, 0) is 0 Å². The maximum absolute atomic E-state index is 11.8. The van der Waals surface area contributed by atoms with Crippen LogP contribution in [0.2, 0.25) is 0 Å². The minimum absolute atomic E-state index is 0.533. The standard InChI is InChI=1S/C19H26O13/c1-8(20)26-7-14(27-9(2)21)15-16(28-10(3)22)17(29-11(4)23)18(30-12(5)24)19(32-15)31-13(6)25/h14-19H,7H2,1-6H3/t14-,15?,16-,17+,18+,19?/m1/s1. The van der Waals surface area contributed by atoms with E-state index >= 15 is 0 Å². The minimum Gasteiger partial charge on any atom is -0.462 e. The summed E-state index contributed by atoms with van der Waals surface area (Å²) in [4.78, 5) is 69.7. The molecule has 0 amide bonds. The lowest BCUT2D eigenvalue weighted by atomic mass is 9.94. The van der Waals surface area contributed by atoms with E-state index in [-0.39, 0.29) is 0 Å². The molecule has 32 heavy (non-hydrogen) atoms. The molecular weight excluding hydrogens is 436 g/mol. The largest absolute Gasteiger partial charge is 0.462 e. The van der Waals surface area contributed by atoms with Crippen molar-refractivity contribution in [2.24, 2.45) is 0 Å². The zero-order chi connectivity index (χ0) is 24.6. The van der Waals surface area contributed by atoms with Gasteiger partial charge in [-0.25, -0.2) is 0 Å². The van der Waals surface area contributed by atoms with Crippen LogP contribution in [0.3, 0.4) is 0 Å². The highest BCUT2D eigenvalue weighted by atomic mass is 16.7. The molecule has 0 aromatic rings. The summed E-state index contributed by atoms with van der Waals surface area (Å²) in [5.41, 5.74) is 0. The summed E-state index contributed by atoms with van der Waals surface area (Å²) in [5.74, 6) is -4.90. The lowest BCUT2D eigenvalue weighted by Crippen LogP contribution is -2.65. The smallest absolute Gasteiger partial charge is 0.305 e. The van der Waals surface area contributed by atoms with Gasteiger partial charge in [0.1, 0.15) is 12.7 Å². The number of carbonyl (C=O) groups excluding carboxylic acids is 6. The van der Waals surface area contributed by atoms with Gasteiger partial charge in [0, 0.05) is 41.5 Å². The summed E-state index contributed by atoms with van der Waals surface area (Å²) in [6.45, 7) is 5.83. The topological polar surface area (TPSA) is 167 Å². The number of ether oxygens (including phenoxy) is 7. The van der Waals surface area contributed by atoms with Crippen molar-refractivity contribution in [2.45, 2.75) is 78.4 Å². The van der Waals surface area contributed by atoms with E-state index in [1.54, 1.807) is 0 Å². The molecule has 0 aromatic carbocycles. The van der Waals surface area contributed by atoms with E-state index in [2.05, 4.69) is 0 Å². The maximum Gasteiger partial charge on any atom is 0.305 e. The van der Waals surface area contributed by atoms with Crippen molar-refractivity contribution >= 4 is 35.8 Å². The first kappa shape index (κ1) is 26.8. The Morgan fingerprint density at radius 1 is 0.625 bits per heavy atom. The molecule has 1 heterocycles. The van der Waals surface area contributed by atoms with Crippen LogP contribution in [-0.2, 0) is 61.9 Å². The highest BCUT2D eigenvalue weighted by molar-refractivity contribution is 5.69. The molecule has 13 nitrogen and oxygen atoms in total. The molecule has 1 rings (SSSR count). The Labute approximate surface area is 183 Å². The van der Waals surface area contributed by atoms with Crippen molar-refractivity contribution in [1.82, 2.24) is 0 Å². The highest BCUT2D eigenvalue weighted by Gasteiger charge is 2.56. The Morgan fingerprint density at radius 2 is 1.09 bits per heavy atom. The molecule has 13 heteroatoms. The number of hydrogen-bond donors (Lipinski definition) is 0. The molecule has 1 fully saturated rings. The Balaban J connectivity index is 3.52. The van der Waals surface area contributed by atoms with Gasteiger partial charge < -0.3 is 33.2 Å². The first-order chi connectivity index (χ1) is 14.8. The average Bonchev–Trinajstić information content (AvgIpc) is 2.61. The van der Waals surface area contributed by atoms with Crippen LogP contribution in [0, 0.1) is 0 Å². The molecule has 0 aliphatic carbocycles. The summed E-state index contributed by atoms with van der Waals surface area (Å²) < 4.78 is 36.4. The van der Waals surface area contributed by atoms with E-state index in [0.717, 1.165) is 41.5 Å². The molecule has 0 saturated carbocycles. The van der Waals surface area contributed by atoms with Gasteiger partial charge in [-0.1, -0.05) is 0 Å². The predicted octanol–water partition coefficient (Wildman–Crippen LogP) is -0.436. The number of rotatable bonds is 8. The average molecular weight is 462 g/mol. The second-order valence-electron chi connectivity index (χ2n) is 6.75. The van der Waals surface area contributed by atoms with Crippen molar-refractivity contribution < 1.29 is 61.9 Å². The summed E-state index contributed by atoms with van der Waals surface area (Å²) >= 11 is 0. The van der Waals surface area contributed by atoms with Crippen molar-refractivity contribution in [3.05, 3.63) is 0 Å². The highest BCUT2D eigenvalue weighted by Crippen LogP contribution is 2.32. The van der Waals surface area contributed by atoms with Gasteiger partial charge in [0.15, 0.2) is 18.3 Å². The van der Waals surface area contributed by atoms with E-state index in [1.807, 2.05) is 0 Å². The van der Waals surface area contributed by atoms with Crippen LogP contribution in [-0.4, -0.2) is 79.2 Å². The van der Waals surface area contributed by atoms with Crippen LogP contribution in [0.4, 0.5) is 0 Å². The molecule has 0 aromatic heterocycles. The fourth-order valence-corrected chi connectivity index (χ4v) is 2.97. The maximum atomic E-state index is 11.8. The van der Waals surface area contributed by atoms with Gasteiger partial charge in [-0.2, -0.15) is 0 Å². The molecule has 1 saturated heterocycles. The van der Waals surface area contributed by atoms with Gasteiger partial charge in [0.25, 0.3) is 0 Å². The van der Waals surface area contributed by atoms with E-state index in [0.29, 0.717) is 0 Å². The molecule has 2 unspecified atom stereocenters. The third-order valence-corrected chi connectivity index (χ3v) is 3.85. The lowest BCUT2D eigenvalue weighted by Gasteiger charge is -2.45. The molecule has 1 aliphatic heterocycles. The van der Waals surface area contributed by atoms with Crippen molar-refractivity contribution in [2.75, 3.05) is 6.61 Å². The van der Waals surface area contributed by atoms with Crippen molar-refractivity contribution in [3.63, 3.8) is 0 Å². The number of hydrogen-bond acceptors (Lipinski definition) is 13. The van der Waals surface area contributed by atoms with Gasteiger partial charge >= 0.3 is 35.8 Å². The SMILES string of the molecule is CC(=O)OC[C@@H](OC(C)=O)C1OC(OC(C)=O)[C@@H](OC(C)=O)[C@@H](OC(C)=O)[C@@H]1OC(C)=O. The van der Waals surface area contributed by atoms with Gasteiger partial charge in [0.05, 0.1) is 0 Å². The molecule has 180 valence electrons. The van der Waals surface area contributed by atoms with Gasteiger partial charge in [-0.15, -0.1) is 0 Å². The fourth-order valence-electron chi connectivity index (χ4n) is 2.97. The van der Waals surface area contributed by atoms with Crippen LogP contribution >= 0.6 is 0 Å². The second-order valence-corrected chi connectivity index (χ2v) is 6.75. The van der Waals surface area contributed by atoms with Crippen molar-refractivity contribution in [1.29, 1.82) is 0 Å². The summed E-state index contributed by atoms with van der Waals surface area (Å²) in [5, 5.41) is 0. The molecule has 0 spiro atoms. The van der Waals surface area contributed by atoms with E-state index < -0.39 is 79.2 Å². The van der Waals surface area contributed by atoms with Crippen LogP contribution < -0.4 is 0 Å². The fraction of sp³-hybridized carbons (Fsp3) is 0.684. The Bertz CT molecular complexity index is 732. The minimum atomic E-state index is -1.65. The third kappa shape index (κ3) is 8.49. The summed E-state index contributed by atoms with van der Waals surface area (Å²) in [6.07, 6.45) is -9.05. The quantitative estimate of drug-likeness (QED) is 0.337. The lowest BCUT2D eigenvalue weighted by molar-refractivity contribution is -0.310. The predicted molar refractivity (Wildman–Crippen MR) is 99.3 cm³/mol.